The molecular weight excluding hydrogens is 408 g/mol. The number of nitrogens with one attached hydrogen (secondary N) is 3. The van der Waals surface area contributed by atoms with Crippen molar-refractivity contribution in [2.24, 2.45) is 0 Å². The van der Waals surface area contributed by atoms with E-state index in [9.17, 15) is 18.0 Å². The number of methoxy groups -OCH3 is 1. The van der Waals surface area contributed by atoms with Crippen molar-refractivity contribution in [2.75, 3.05) is 38.6 Å². The van der Waals surface area contributed by atoms with Crippen LogP contribution in [0.4, 0.5) is 19.0 Å². The van der Waals surface area contributed by atoms with E-state index in [0.29, 0.717) is 38.2 Å². The van der Waals surface area contributed by atoms with Crippen molar-refractivity contribution >= 4 is 36.5 Å². The minimum absolute atomic E-state index is 0. The van der Waals surface area contributed by atoms with E-state index >= 15 is 0 Å². The predicted molar refractivity (Wildman–Crippen MR) is 102 cm³/mol. The molecule has 0 aromatic carbocycles. The molecule has 1 amide bonds. The summed E-state index contributed by atoms with van der Waals surface area (Å²) < 4.78 is 42.8. The lowest BCUT2D eigenvalue weighted by Crippen LogP contribution is -2.54. The van der Waals surface area contributed by atoms with Crippen molar-refractivity contribution in [1.29, 1.82) is 0 Å². The van der Waals surface area contributed by atoms with Crippen molar-refractivity contribution in [2.45, 2.75) is 31.0 Å². The number of carbonyl (C=O) groups excluding carboxylic acids is 1. The lowest BCUT2D eigenvalue weighted by Gasteiger charge is -2.34. The van der Waals surface area contributed by atoms with Gasteiger partial charge in [-0.25, -0.2) is 4.98 Å². The van der Waals surface area contributed by atoms with E-state index in [1.54, 1.807) is 7.11 Å². The maximum atomic E-state index is 12.4. The van der Waals surface area contributed by atoms with Crippen LogP contribution in [0.3, 0.4) is 0 Å². The number of piperidine rings is 1. The van der Waals surface area contributed by atoms with E-state index in [4.69, 9.17) is 4.74 Å². The summed E-state index contributed by atoms with van der Waals surface area (Å²) in [6.07, 6.45) is -1.72. The normalized spacial score (nSPS) is 15.9. The van der Waals surface area contributed by atoms with Gasteiger partial charge in [0.25, 0.3) is 5.91 Å². The van der Waals surface area contributed by atoms with E-state index < -0.39 is 17.3 Å². The molecule has 1 saturated heterocycles. The van der Waals surface area contributed by atoms with Gasteiger partial charge >= 0.3 is 6.18 Å². The van der Waals surface area contributed by atoms with Gasteiger partial charge in [-0.05, 0) is 44.5 Å². The minimum Gasteiger partial charge on any atom is -0.370 e. The summed E-state index contributed by atoms with van der Waals surface area (Å²) in [6, 6.07) is 2.27. The second-order valence-electron chi connectivity index (χ2n) is 5.91. The Morgan fingerprint density at radius 1 is 1.26 bits per heavy atom. The number of carbonyl (C=O) groups is 1. The van der Waals surface area contributed by atoms with Crippen molar-refractivity contribution < 1.29 is 22.7 Å². The van der Waals surface area contributed by atoms with Gasteiger partial charge < -0.3 is 20.7 Å². The maximum Gasteiger partial charge on any atom is 0.417 e. The number of pyridine rings is 1. The number of hydrogen-bond acceptors (Lipinski definition) is 5. The average Bonchev–Trinajstić information content (AvgIpc) is 2.61. The number of rotatable bonds is 7. The first-order valence-corrected chi connectivity index (χ1v) is 8.19. The molecule has 0 saturated carbocycles. The van der Waals surface area contributed by atoms with Crippen molar-refractivity contribution in [1.82, 2.24) is 15.6 Å². The van der Waals surface area contributed by atoms with Gasteiger partial charge in [0.2, 0.25) is 0 Å². The molecule has 0 aliphatic carbocycles. The molecule has 1 aliphatic heterocycles. The van der Waals surface area contributed by atoms with Gasteiger partial charge in [0.15, 0.2) is 0 Å². The fourth-order valence-electron chi connectivity index (χ4n) is 2.69. The van der Waals surface area contributed by atoms with Crippen LogP contribution < -0.4 is 16.0 Å². The number of aromatic nitrogens is 1. The first kappa shape index (κ1) is 25.7. The molecule has 0 radical (unpaired) electrons. The predicted octanol–water partition coefficient (Wildman–Crippen LogP) is 2.63. The number of amides is 1. The van der Waals surface area contributed by atoms with Gasteiger partial charge in [-0.15, -0.1) is 24.8 Å². The molecule has 156 valence electrons. The zero-order valence-electron chi connectivity index (χ0n) is 14.9. The Bertz CT molecular complexity index is 568. The highest BCUT2D eigenvalue weighted by molar-refractivity contribution is 5.86. The molecule has 2 rings (SSSR count). The van der Waals surface area contributed by atoms with Crippen LogP contribution in [0.15, 0.2) is 18.3 Å². The Morgan fingerprint density at radius 2 is 1.93 bits per heavy atom. The monoisotopic (exact) mass is 432 g/mol. The molecule has 0 atom stereocenters. The van der Waals surface area contributed by atoms with E-state index in [2.05, 4.69) is 20.9 Å². The lowest BCUT2D eigenvalue weighted by molar-refractivity contribution is -0.146. The molecule has 2 heterocycles. The van der Waals surface area contributed by atoms with Crippen molar-refractivity contribution in [3.63, 3.8) is 0 Å². The highest BCUT2D eigenvalue weighted by Gasteiger charge is 2.39. The molecule has 0 unspecified atom stereocenters. The first-order chi connectivity index (χ1) is 11.9. The van der Waals surface area contributed by atoms with Crippen LogP contribution in [0.5, 0.6) is 0 Å². The highest BCUT2D eigenvalue weighted by Crippen LogP contribution is 2.28. The largest absolute Gasteiger partial charge is 0.417 e. The number of hydrogen-bond donors (Lipinski definition) is 3. The summed E-state index contributed by atoms with van der Waals surface area (Å²) in [5.74, 6) is 0.246. The number of halogens is 5. The fraction of sp³-hybridized carbons (Fsp3) is 0.625. The number of nitrogens with zero attached hydrogens (tertiary/aromatic N) is 1. The van der Waals surface area contributed by atoms with Gasteiger partial charge in [0.05, 0.1) is 5.56 Å². The summed E-state index contributed by atoms with van der Waals surface area (Å²) in [4.78, 5) is 16.0. The van der Waals surface area contributed by atoms with Crippen molar-refractivity contribution in [3.05, 3.63) is 23.9 Å². The summed E-state index contributed by atoms with van der Waals surface area (Å²) >= 11 is 0. The van der Waals surface area contributed by atoms with Crippen LogP contribution in [0.1, 0.15) is 24.8 Å². The first-order valence-electron chi connectivity index (χ1n) is 8.19. The standard InChI is InChI=1S/C16H23F3N4O2.2ClH/c1-25-15(5-9-20-10-6-15)14(24)22-8-2-7-21-13-4-3-12(11-23-13)16(17,18)19;;/h3-4,11,20H,2,5-10H2,1H3,(H,21,23)(H,22,24);2*1H. The Kier molecular flexibility index (Phi) is 11.0. The molecule has 1 aliphatic rings. The van der Waals surface area contributed by atoms with E-state index in [-0.39, 0.29) is 30.7 Å². The zero-order chi connectivity index (χ0) is 18.3. The van der Waals surface area contributed by atoms with Gasteiger partial charge in [0.1, 0.15) is 11.4 Å². The van der Waals surface area contributed by atoms with Crippen LogP contribution in [-0.4, -0.2) is 49.8 Å². The Balaban J connectivity index is 0.00000338. The molecule has 6 nitrogen and oxygen atoms in total. The van der Waals surface area contributed by atoms with Gasteiger partial charge in [-0.3, -0.25) is 4.79 Å². The van der Waals surface area contributed by atoms with E-state index in [0.717, 1.165) is 25.4 Å². The molecule has 3 N–H and O–H groups in total. The van der Waals surface area contributed by atoms with E-state index in [1.807, 2.05) is 0 Å². The summed E-state index contributed by atoms with van der Waals surface area (Å²) in [5, 5.41) is 8.98. The summed E-state index contributed by atoms with van der Waals surface area (Å²) in [5.41, 5.74) is -1.55. The summed E-state index contributed by atoms with van der Waals surface area (Å²) in [6.45, 7) is 2.41. The zero-order valence-corrected chi connectivity index (χ0v) is 16.5. The van der Waals surface area contributed by atoms with Crippen LogP contribution >= 0.6 is 24.8 Å². The molecule has 1 aromatic rings. The molecule has 1 fully saturated rings. The number of ether oxygens (including phenoxy) is 1. The SMILES string of the molecule is COC1(C(=O)NCCCNc2ccc(C(F)(F)F)cn2)CCNCC1.Cl.Cl. The molecule has 0 bridgehead atoms. The van der Waals surface area contributed by atoms with Gasteiger partial charge in [0, 0.05) is 26.4 Å². The molecule has 11 heteroatoms. The number of alkyl halides is 3. The Labute approximate surface area is 168 Å². The Morgan fingerprint density at radius 3 is 2.44 bits per heavy atom. The van der Waals surface area contributed by atoms with Gasteiger partial charge in [-0.2, -0.15) is 13.2 Å². The lowest BCUT2D eigenvalue weighted by atomic mass is 9.91. The minimum atomic E-state index is -4.39. The molecule has 0 spiro atoms. The second-order valence-corrected chi connectivity index (χ2v) is 5.91. The number of anilines is 1. The molecule has 27 heavy (non-hydrogen) atoms. The third-order valence-corrected chi connectivity index (χ3v) is 4.25. The maximum absolute atomic E-state index is 12.4. The van der Waals surface area contributed by atoms with Gasteiger partial charge in [-0.1, -0.05) is 0 Å². The van der Waals surface area contributed by atoms with E-state index in [1.165, 1.54) is 6.07 Å². The highest BCUT2D eigenvalue weighted by atomic mass is 35.5. The summed E-state index contributed by atoms with van der Waals surface area (Å²) in [7, 11) is 1.54. The smallest absolute Gasteiger partial charge is 0.370 e. The third-order valence-electron chi connectivity index (χ3n) is 4.25. The van der Waals surface area contributed by atoms with Crippen LogP contribution in [-0.2, 0) is 15.7 Å². The topological polar surface area (TPSA) is 75.3 Å². The van der Waals surface area contributed by atoms with Crippen LogP contribution in [0.25, 0.3) is 0 Å². The second kappa shape index (κ2) is 11.5. The Hall–Kier alpha value is -1.29. The van der Waals surface area contributed by atoms with Crippen LogP contribution in [0, 0.1) is 0 Å². The average molecular weight is 433 g/mol. The van der Waals surface area contributed by atoms with Crippen LogP contribution in [0.2, 0.25) is 0 Å². The van der Waals surface area contributed by atoms with Crippen molar-refractivity contribution in [3.8, 4) is 0 Å². The molecule has 1 aromatic heterocycles. The fourth-order valence-corrected chi connectivity index (χ4v) is 2.69. The molecular formula is C16H25Cl2F3N4O2. The third kappa shape index (κ3) is 7.33. The quantitative estimate of drug-likeness (QED) is 0.577.